The number of carbonyl (C=O) groups excluding carboxylic acids is 1. The van der Waals surface area contributed by atoms with Gasteiger partial charge in [0.05, 0.1) is 24.8 Å². The smallest absolute Gasteiger partial charge is 0.227 e. The predicted octanol–water partition coefficient (Wildman–Crippen LogP) is 3.01. The molecule has 8 heteroatoms. The largest absolute Gasteiger partial charge is 0.502 e. The average Bonchev–Trinajstić information content (AvgIpc) is 2.85. The Morgan fingerprint density at radius 1 is 1.18 bits per heavy atom. The Morgan fingerprint density at radius 2 is 2.00 bits per heavy atom. The summed E-state index contributed by atoms with van der Waals surface area (Å²) >= 11 is 0. The highest BCUT2D eigenvalue weighted by molar-refractivity contribution is 5.78. The molecule has 33 heavy (non-hydrogen) atoms. The van der Waals surface area contributed by atoms with Gasteiger partial charge in [0.15, 0.2) is 5.76 Å². The van der Waals surface area contributed by atoms with Crippen LogP contribution in [0.3, 0.4) is 0 Å². The molecule has 0 bridgehead atoms. The molecule has 1 aliphatic rings. The molecule has 3 aromatic rings. The molecule has 2 aromatic heterocycles. The molecule has 1 aliphatic heterocycles. The maximum absolute atomic E-state index is 13.1. The summed E-state index contributed by atoms with van der Waals surface area (Å²) < 4.78 is 17.0. The van der Waals surface area contributed by atoms with Gasteiger partial charge in [-0.2, -0.15) is 0 Å². The normalized spacial score (nSPS) is 14.6. The highest BCUT2D eigenvalue weighted by Crippen LogP contribution is 2.35. The number of nitrogens with zero attached hydrogens (tertiary/aromatic N) is 2. The number of aromatic nitrogens is 1. The Bertz CT molecular complexity index is 1160. The summed E-state index contributed by atoms with van der Waals surface area (Å²) in [5.74, 6) is -0.239. The summed E-state index contributed by atoms with van der Waals surface area (Å²) in [6, 6.07) is 14.0. The maximum Gasteiger partial charge on any atom is 0.227 e. The molecule has 1 fully saturated rings. The molecule has 1 N–H and O–H groups in total. The Labute approximate surface area is 191 Å². The van der Waals surface area contributed by atoms with Crippen LogP contribution in [0.4, 0.5) is 0 Å². The van der Waals surface area contributed by atoms with Crippen molar-refractivity contribution in [3.8, 4) is 11.5 Å². The van der Waals surface area contributed by atoms with Crippen molar-refractivity contribution in [2.45, 2.75) is 25.9 Å². The molecule has 1 aromatic carbocycles. The zero-order valence-electron chi connectivity index (χ0n) is 18.4. The molecule has 0 unspecified atom stereocenters. The Morgan fingerprint density at radius 3 is 2.76 bits per heavy atom. The van der Waals surface area contributed by atoms with E-state index in [-0.39, 0.29) is 24.7 Å². The standard InChI is InChI=1S/C25H26N2O6/c1-17-13-22(28)24(30)25(33-17)21(15-23(29)27-9-11-31-12-10-27)18-5-4-7-20(14-18)32-16-19-6-2-3-8-26-19/h2-8,13-14,21,30H,9-12,15-16H2,1H3/t21-/m0/s1. The molecule has 0 aliphatic carbocycles. The minimum atomic E-state index is -0.661. The fraction of sp³-hybridized carbons (Fsp3) is 0.320. The van der Waals surface area contributed by atoms with E-state index in [0.29, 0.717) is 43.4 Å². The number of hydrogen-bond acceptors (Lipinski definition) is 7. The van der Waals surface area contributed by atoms with Crippen LogP contribution in [0.1, 0.15) is 35.1 Å². The van der Waals surface area contributed by atoms with Crippen molar-refractivity contribution < 1.29 is 23.8 Å². The van der Waals surface area contributed by atoms with Crippen LogP contribution in [0.15, 0.2) is 63.9 Å². The maximum atomic E-state index is 13.1. The number of benzene rings is 1. The van der Waals surface area contributed by atoms with Gasteiger partial charge in [-0.05, 0) is 36.8 Å². The lowest BCUT2D eigenvalue weighted by atomic mass is 9.91. The molecule has 8 nitrogen and oxygen atoms in total. The number of aromatic hydroxyl groups is 1. The number of morpholine rings is 1. The van der Waals surface area contributed by atoms with Crippen LogP contribution in [-0.2, 0) is 16.1 Å². The highest BCUT2D eigenvalue weighted by Gasteiger charge is 2.28. The minimum absolute atomic E-state index is 0.0314. The van der Waals surface area contributed by atoms with Gasteiger partial charge < -0.3 is 23.9 Å². The molecular formula is C25H26N2O6. The number of pyridine rings is 1. The lowest BCUT2D eigenvalue weighted by molar-refractivity contribution is -0.135. The van der Waals surface area contributed by atoms with E-state index in [1.165, 1.54) is 6.07 Å². The highest BCUT2D eigenvalue weighted by atomic mass is 16.5. The second-order valence-corrected chi connectivity index (χ2v) is 7.87. The topological polar surface area (TPSA) is 102 Å². The van der Waals surface area contributed by atoms with Crippen molar-refractivity contribution in [1.82, 2.24) is 9.88 Å². The minimum Gasteiger partial charge on any atom is -0.502 e. The summed E-state index contributed by atoms with van der Waals surface area (Å²) in [7, 11) is 0. The van der Waals surface area contributed by atoms with E-state index in [9.17, 15) is 14.7 Å². The van der Waals surface area contributed by atoms with Crippen molar-refractivity contribution in [2.24, 2.45) is 0 Å². The lowest BCUT2D eigenvalue weighted by Gasteiger charge is -2.28. The van der Waals surface area contributed by atoms with Gasteiger partial charge in [-0.15, -0.1) is 0 Å². The molecule has 1 saturated heterocycles. The van der Waals surface area contributed by atoms with E-state index in [2.05, 4.69) is 4.98 Å². The molecule has 4 rings (SSSR count). The molecule has 1 atom stereocenters. The molecule has 0 radical (unpaired) electrons. The summed E-state index contributed by atoms with van der Waals surface area (Å²) in [6.07, 6.45) is 1.73. The van der Waals surface area contributed by atoms with E-state index in [0.717, 1.165) is 5.69 Å². The Balaban J connectivity index is 1.64. The third-order valence-electron chi connectivity index (χ3n) is 5.50. The van der Waals surface area contributed by atoms with Crippen molar-refractivity contribution in [3.63, 3.8) is 0 Å². The van der Waals surface area contributed by atoms with Crippen LogP contribution in [0.25, 0.3) is 0 Å². The fourth-order valence-electron chi connectivity index (χ4n) is 3.80. The fourth-order valence-corrected chi connectivity index (χ4v) is 3.80. The van der Waals surface area contributed by atoms with E-state index in [1.54, 1.807) is 36.2 Å². The number of carbonyl (C=O) groups is 1. The quantitative estimate of drug-likeness (QED) is 0.590. The van der Waals surface area contributed by atoms with Crippen LogP contribution >= 0.6 is 0 Å². The first-order valence-electron chi connectivity index (χ1n) is 10.8. The Kier molecular flexibility index (Phi) is 7.04. The number of amides is 1. The van der Waals surface area contributed by atoms with Crippen LogP contribution in [0, 0.1) is 6.92 Å². The second-order valence-electron chi connectivity index (χ2n) is 7.87. The first-order valence-corrected chi connectivity index (χ1v) is 10.8. The van der Waals surface area contributed by atoms with Gasteiger partial charge in [0.1, 0.15) is 18.1 Å². The molecular weight excluding hydrogens is 424 g/mol. The van der Waals surface area contributed by atoms with Crippen molar-refractivity contribution >= 4 is 5.91 Å². The average molecular weight is 450 g/mol. The SMILES string of the molecule is Cc1cc(=O)c(O)c([C@@H](CC(=O)N2CCOCC2)c2cccc(OCc3ccccn3)c2)o1. The Hall–Kier alpha value is -3.65. The second kappa shape index (κ2) is 10.3. The number of ether oxygens (including phenoxy) is 2. The summed E-state index contributed by atoms with van der Waals surface area (Å²) in [6.45, 7) is 3.89. The van der Waals surface area contributed by atoms with Gasteiger partial charge in [-0.1, -0.05) is 18.2 Å². The molecule has 1 amide bonds. The van der Waals surface area contributed by atoms with Gasteiger partial charge in [0.25, 0.3) is 0 Å². The van der Waals surface area contributed by atoms with Gasteiger partial charge in [0.2, 0.25) is 17.1 Å². The zero-order chi connectivity index (χ0) is 23.2. The van der Waals surface area contributed by atoms with E-state index in [4.69, 9.17) is 13.9 Å². The third-order valence-corrected chi connectivity index (χ3v) is 5.50. The number of hydrogen-bond donors (Lipinski definition) is 1. The summed E-state index contributed by atoms with van der Waals surface area (Å²) in [5, 5.41) is 10.5. The molecule has 172 valence electrons. The van der Waals surface area contributed by atoms with Crippen molar-refractivity contribution in [2.75, 3.05) is 26.3 Å². The van der Waals surface area contributed by atoms with Crippen molar-refractivity contribution in [1.29, 1.82) is 0 Å². The van der Waals surface area contributed by atoms with Crippen LogP contribution in [0.5, 0.6) is 11.5 Å². The van der Waals surface area contributed by atoms with Gasteiger partial charge in [-0.25, -0.2) is 0 Å². The number of rotatable bonds is 7. The monoisotopic (exact) mass is 450 g/mol. The zero-order valence-corrected chi connectivity index (χ0v) is 18.4. The first-order chi connectivity index (χ1) is 16.0. The van der Waals surface area contributed by atoms with Crippen LogP contribution < -0.4 is 10.2 Å². The first kappa shape index (κ1) is 22.5. The van der Waals surface area contributed by atoms with E-state index in [1.807, 2.05) is 24.3 Å². The lowest BCUT2D eigenvalue weighted by Crippen LogP contribution is -2.41. The van der Waals surface area contributed by atoms with Gasteiger partial charge >= 0.3 is 0 Å². The summed E-state index contributed by atoms with van der Waals surface area (Å²) in [5.41, 5.74) is 0.934. The summed E-state index contributed by atoms with van der Waals surface area (Å²) in [4.78, 5) is 31.3. The van der Waals surface area contributed by atoms with Gasteiger partial charge in [0, 0.05) is 31.8 Å². The molecule has 3 heterocycles. The van der Waals surface area contributed by atoms with Gasteiger partial charge in [-0.3, -0.25) is 14.6 Å². The van der Waals surface area contributed by atoms with E-state index >= 15 is 0 Å². The van der Waals surface area contributed by atoms with Crippen LogP contribution in [0.2, 0.25) is 0 Å². The predicted molar refractivity (Wildman–Crippen MR) is 120 cm³/mol. The van der Waals surface area contributed by atoms with E-state index < -0.39 is 17.1 Å². The number of aryl methyl sites for hydroxylation is 1. The molecule has 0 spiro atoms. The molecule has 0 saturated carbocycles. The van der Waals surface area contributed by atoms with Crippen LogP contribution in [-0.4, -0.2) is 47.2 Å². The third kappa shape index (κ3) is 5.59. The van der Waals surface area contributed by atoms with Crippen molar-refractivity contribution in [3.05, 3.63) is 87.7 Å².